The normalized spacial score (nSPS) is 11.4. The molecule has 0 fully saturated rings. The van der Waals surface area contributed by atoms with Gasteiger partial charge in [-0.05, 0) is 37.7 Å². The first-order chi connectivity index (χ1) is 16.6. The van der Waals surface area contributed by atoms with Gasteiger partial charge in [0, 0.05) is 12.1 Å². The lowest BCUT2D eigenvalue weighted by Gasteiger charge is -2.13. The lowest BCUT2D eigenvalue weighted by Crippen LogP contribution is -2.19. The van der Waals surface area contributed by atoms with Gasteiger partial charge in [-0.2, -0.15) is 26.3 Å². The van der Waals surface area contributed by atoms with Crippen LogP contribution in [0.3, 0.4) is 0 Å². The fraction of sp³-hybridized carbons (Fsp3) is 0.217. The second-order valence-electron chi connectivity index (χ2n) is 7.34. The molecule has 2 aromatic carbocycles. The van der Waals surface area contributed by atoms with E-state index in [0.29, 0.717) is 17.7 Å². The van der Waals surface area contributed by atoms with Crippen molar-refractivity contribution in [1.82, 2.24) is 15.3 Å². The fourth-order valence-electron chi connectivity index (χ4n) is 3.07. The minimum Gasteiger partial charge on any atom is -0.478 e. The Bertz CT molecular complexity index is 1210. The first-order valence-corrected chi connectivity index (χ1v) is 10.0. The third-order valence-corrected chi connectivity index (χ3v) is 4.60. The third-order valence-electron chi connectivity index (χ3n) is 4.60. The summed E-state index contributed by atoms with van der Waals surface area (Å²) >= 11 is 0. The van der Waals surface area contributed by atoms with Crippen molar-refractivity contribution >= 4 is 11.9 Å². The number of halogens is 6. The SMILES string of the molecule is CNCc1cc(C(F)(F)F)cc(C(F)(F)F)c1.Cc1nc(C(N)=O)nc(-c2ccccc2)c1C(=O)O. The van der Waals surface area contributed by atoms with Crippen LogP contribution in [0, 0.1) is 6.92 Å². The van der Waals surface area contributed by atoms with Crippen molar-refractivity contribution in [3.05, 3.63) is 82.3 Å². The average Bonchev–Trinajstić information content (AvgIpc) is 2.78. The Morgan fingerprint density at radius 3 is 1.89 bits per heavy atom. The zero-order valence-corrected chi connectivity index (χ0v) is 18.8. The molecule has 13 heteroatoms. The van der Waals surface area contributed by atoms with Crippen molar-refractivity contribution in [2.45, 2.75) is 25.8 Å². The van der Waals surface area contributed by atoms with Crippen molar-refractivity contribution in [2.24, 2.45) is 5.73 Å². The van der Waals surface area contributed by atoms with Gasteiger partial charge in [-0.3, -0.25) is 4.79 Å². The van der Waals surface area contributed by atoms with Crippen molar-refractivity contribution < 1.29 is 41.0 Å². The number of benzene rings is 2. The van der Waals surface area contributed by atoms with Gasteiger partial charge in [0.1, 0.15) is 5.56 Å². The molecule has 192 valence electrons. The molecule has 0 atom stereocenters. The summed E-state index contributed by atoms with van der Waals surface area (Å²) in [5.41, 5.74) is 3.45. The molecular weight excluding hydrogens is 494 g/mol. The van der Waals surface area contributed by atoms with E-state index >= 15 is 0 Å². The Hall–Kier alpha value is -4.00. The summed E-state index contributed by atoms with van der Waals surface area (Å²) in [6.07, 6.45) is -9.58. The first-order valence-electron chi connectivity index (χ1n) is 10.0. The largest absolute Gasteiger partial charge is 0.478 e. The molecule has 0 saturated heterocycles. The van der Waals surface area contributed by atoms with E-state index in [1.165, 1.54) is 14.0 Å². The molecule has 1 heterocycles. The molecule has 0 radical (unpaired) electrons. The van der Waals surface area contributed by atoms with E-state index < -0.39 is 35.4 Å². The highest BCUT2D eigenvalue weighted by Gasteiger charge is 2.36. The van der Waals surface area contributed by atoms with Crippen LogP contribution in [0.1, 0.15) is 43.4 Å². The summed E-state index contributed by atoms with van der Waals surface area (Å²) in [5.74, 6) is -2.13. The molecule has 36 heavy (non-hydrogen) atoms. The Kier molecular flexibility index (Phi) is 8.75. The smallest absolute Gasteiger partial charge is 0.416 e. The molecular formula is C23H20F6N4O3. The minimum atomic E-state index is -4.79. The minimum absolute atomic E-state index is 0.0313. The number of nitrogens with zero attached hydrogens (tertiary/aromatic N) is 2. The lowest BCUT2D eigenvalue weighted by molar-refractivity contribution is -0.143. The van der Waals surface area contributed by atoms with Gasteiger partial charge in [-0.25, -0.2) is 14.8 Å². The van der Waals surface area contributed by atoms with Crippen LogP contribution in [0.2, 0.25) is 0 Å². The van der Waals surface area contributed by atoms with Crippen LogP contribution in [0.25, 0.3) is 11.3 Å². The molecule has 0 aliphatic rings. The maximum Gasteiger partial charge on any atom is 0.416 e. The molecule has 1 amide bonds. The first kappa shape index (κ1) is 28.2. The van der Waals surface area contributed by atoms with E-state index in [1.807, 2.05) is 0 Å². The zero-order chi connectivity index (χ0) is 27.3. The second kappa shape index (κ2) is 11.2. The lowest BCUT2D eigenvalue weighted by atomic mass is 10.0. The number of aryl methyl sites for hydroxylation is 1. The number of hydrogen-bond acceptors (Lipinski definition) is 5. The van der Waals surface area contributed by atoms with Crippen LogP contribution in [0.5, 0.6) is 0 Å². The van der Waals surface area contributed by atoms with E-state index in [4.69, 9.17) is 5.73 Å². The molecule has 0 spiro atoms. The number of amides is 1. The Morgan fingerprint density at radius 2 is 1.47 bits per heavy atom. The number of nitrogens with two attached hydrogens (primary N) is 1. The number of rotatable bonds is 5. The van der Waals surface area contributed by atoms with Crippen LogP contribution in [-0.4, -0.2) is 34.0 Å². The fourth-order valence-corrected chi connectivity index (χ4v) is 3.07. The Labute approximate surface area is 201 Å². The third kappa shape index (κ3) is 7.25. The number of aromatic nitrogens is 2. The van der Waals surface area contributed by atoms with Crippen molar-refractivity contribution in [3.63, 3.8) is 0 Å². The highest BCUT2D eigenvalue weighted by Crippen LogP contribution is 2.36. The Morgan fingerprint density at radius 1 is 0.944 bits per heavy atom. The molecule has 0 aliphatic carbocycles. The summed E-state index contributed by atoms with van der Waals surface area (Å²) in [7, 11) is 1.44. The number of alkyl halides is 6. The highest BCUT2D eigenvalue weighted by atomic mass is 19.4. The molecule has 0 bridgehead atoms. The average molecular weight is 514 g/mol. The molecule has 7 nitrogen and oxygen atoms in total. The van der Waals surface area contributed by atoms with Gasteiger partial charge in [0.05, 0.1) is 22.5 Å². The number of nitrogens with one attached hydrogen (secondary N) is 1. The van der Waals surface area contributed by atoms with Crippen LogP contribution < -0.4 is 11.1 Å². The number of aromatic carboxylic acids is 1. The number of carboxylic acid groups (broad SMARTS) is 1. The maximum absolute atomic E-state index is 12.4. The number of carbonyl (C=O) groups excluding carboxylic acids is 1. The molecule has 0 aliphatic heterocycles. The van der Waals surface area contributed by atoms with Crippen LogP contribution in [0.15, 0.2) is 48.5 Å². The summed E-state index contributed by atoms with van der Waals surface area (Å²) < 4.78 is 74.3. The van der Waals surface area contributed by atoms with Crippen molar-refractivity contribution in [1.29, 1.82) is 0 Å². The van der Waals surface area contributed by atoms with Gasteiger partial charge >= 0.3 is 18.3 Å². The summed E-state index contributed by atoms with van der Waals surface area (Å²) in [6.45, 7) is 1.44. The van der Waals surface area contributed by atoms with Gasteiger partial charge in [-0.1, -0.05) is 30.3 Å². The standard InChI is InChI=1S/C13H11N3O3.C10H9F6N/c1-7-9(13(18)19)10(8-5-3-2-4-6-8)16-12(15-7)11(14)17;1-17-5-6-2-7(9(11,12)13)4-8(3-6)10(14,15)16/h2-6H,1H3,(H2,14,17)(H,18,19);2-4,17H,5H2,1H3. The van der Waals surface area contributed by atoms with Gasteiger partial charge < -0.3 is 16.2 Å². The van der Waals surface area contributed by atoms with Crippen LogP contribution in [-0.2, 0) is 18.9 Å². The molecule has 3 aromatic rings. The summed E-state index contributed by atoms with van der Waals surface area (Å²) in [4.78, 5) is 30.2. The van der Waals surface area contributed by atoms with Gasteiger partial charge in [-0.15, -0.1) is 0 Å². The molecule has 4 N–H and O–H groups in total. The van der Waals surface area contributed by atoms with Crippen LogP contribution in [0.4, 0.5) is 26.3 Å². The van der Waals surface area contributed by atoms with Gasteiger partial charge in [0.15, 0.2) is 0 Å². The quantitative estimate of drug-likeness (QED) is 0.425. The van der Waals surface area contributed by atoms with Gasteiger partial charge in [0.25, 0.3) is 5.91 Å². The Balaban J connectivity index is 0.000000255. The number of primary amides is 1. The molecule has 0 saturated carbocycles. The monoisotopic (exact) mass is 514 g/mol. The predicted octanol–water partition coefficient (Wildman–Crippen LogP) is 4.69. The van der Waals surface area contributed by atoms with Gasteiger partial charge in [0.2, 0.25) is 5.82 Å². The molecule has 1 aromatic heterocycles. The van der Waals surface area contributed by atoms with E-state index in [9.17, 15) is 41.0 Å². The summed E-state index contributed by atoms with van der Waals surface area (Å²) in [6, 6.07) is 10.2. The zero-order valence-electron chi connectivity index (χ0n) is 18.8. The number of carboxylic acids is 1. The number of hydrogen-bond donors (Lipinski definition) is 3. The predicted molar refractivity (Wildman–Crippen MR) is 117 cm³/mol. The highest BCUT2D eigenvalue weighted by molar-refractivity contribution is 5.97. The summed E-state index contributed by atoms with van der Waals surface area (Å²) in [5, 5.41) is 11.7. The van der Waals surface area contributed by atoms with Crippen molar-refractivity contribution in [2.75, 3.05) is 7.05 Å². The molecule has 0 unspecified atom stereocenters. The maximum atomic E-state index is 12.4. The second-order valence-corrected chi connectivity index (χ2v) is 7.34. The number of carbonyl (C=O) groups is 2. The van der Waals surface area contributed by atoms with Crippen LogP contribution >= 0.6 is 0 Å². The molecule has 3 rings (SSSR count). The topological polar surface area (TPSA) is 118 Å². The van der Waals surface area contributed by atoms with E-state index in [1.54, 1.807) is 30.3 Å². The van der Waals surface area contributed by atoms with E-state index in [-0.39, 0.29) is 41.0 Å². The van der Waals surface area contributed by atoms with E-state index in [2.05, 4.69) is 15.3 Å². The van der Waals surface area contributed by atoms with Crippen molar-refractivity contribution in [3.8, 4) is 11.3 Å². The van der Waals surface area contributed by atoms with E-state index in [0.717, 1.165) is 0 Å².